The Kier molecular flexibility index (Phi) is 3.07. The molecule has 0 amide bonds. The molecule has 3 heteroatoms. The van der Waals surface area contributed by atoms with Gasteiger partial charge in [-0.3, -0.25) is 0 Å². The molecule has 0 aromatic heterocycles. The van der Waals surface area contributed by atoms with Crippen molar-refractivity contribution in [1.29, 1.82) is 5.26 Å². The monoisotopic (exact) mass is 234 g/mol. The lowest BCUT2D eigenvalue weighted by Gasteiger charge is -2.39. The van der Waals surface area contributed by atoms with Gasteiger partial charge >= 0.3 is 0 Å². The Labute approximate surface area is 101 Å². The van der Waals surface area contributed by atoms with Crippen molar-refractivity contribution in [3.63, 3.8) is 0 Å². The van der Waals surface area contributed by atoms with Crippen molar-refractivity contribution in [2.45, 2.75) is 19.3 Å². The minimum atomic E-state index is -0.117. The fraction of sp³-hybridized carbons (Fsp3) is 0.462. The maximum atomic E-state index is 9.18. The molecular weight excluding hydrogens is 220 g/mol. The van der Waals surface area contributed by atoms with E-state index in [1.807, 2.05) is 31.3 Å². The molecule has 0 saturated heterocycles. The second-order valence-electron chi connectivity index (χ2n) is 4.58. The van der Waals surface area contributed by atoms with Gasteiger partial charge in [0.1, 0.15) is 0 Å². The predicted molar refractivity (Wildman–Crippen MR) is 66.6 cm³/mol. The Balaban J connectivity index is 2.05. The number of anilines is 1. The Morgan fingerprint density at radius 3 is 2.44 bits per heavy atom. The highest BCUT2D eigenvalue weighted by Crippen LogP contribution is 2.41. The van der Waals surface area contributed by atoms with Crippen LogP contribution in [0.5, 0.6) is 0 Å². The second-order valence-corrected chi connectivity index (χ2v) is 5.01. The third-order valence-corrected chi connectivity index (χ3v) is 3.61. The molecule has 0 aliphatic heterocycles. The molecule has 1 fully saturated rings. The molecule has 2 rings (SSSR count). The van der Waals surface area contributed by atoms with E-state index in [-0.39, 0.29) is 5.41 Å². The summed E-state index contributed by atoms with van der Waals surface area (Å²) in [6.45, 7) is 0.811. The van der Waals surface area contributed by atoms with Gasteiger partial charge in [-0.25, -0.2) is 0 Å². The zero-order valence-electron chi connectivity index (χ0n) is 9.41. The van der Waals surface area contributed by atoms with E-state index in [9.17, 15) is 5.26 Å². The minimum Gasteiger partial charge on any atom is -0.373 e. The molecule has 2 nitrogen and oxygen atoms in total. The largest absolute Gasteiger partial charge is 0.373 e. The Hall–Kier alpha value is -1.20. The number of benzene rings is 1. The maximum absolute atomic E-state index is 9.18. The van der Waals surface area contributed by atoms with Gasteiger partial charge in [0.05, 0.1) is 11.5 Å². The molecule has 0 atom stereocenters. The van der Waals surface area contributed by atoms with Crippen molar-refractivity contribution >= 4 is 17.3 Å². The summed E-state index contributed by atoms with van der Waals surface area (Å²) in [5.41, 5.74) is 1.000. The first-order valence-corrected chi connectivity index (χ1v) is 5.91. The molecule has 0 radical (unpaired) electrons. The maximum Gasteiger partial charge on any atom is 0.0748 e. The summed E-state index contributed by atoms with van der Waals surface area (Å²) in [7, 11) is 2.03. The van der Waals surface area contributed by atoms with E-state index < -0.39 is 0 Å². The summed E-state index contributed by atoms with van der Waals surface area (Å²) in [6, 6.07) is 10.2. The van der Waals surface area contributed by atoms with Crippen LogP contribution in [-0.2, 0) is 0 Å². The van der Waals surface area contributed by atoms with Gasteiger partial charge in [-0.05, 0) is 37.1 Å². The number of halogens is 1. The lowest BCUT2D eigenvalue weighted by molar-refractivity contribution is 0.223. The van der Waals surface area contributed by atoms with Gasteiger partial charge < -0.3 is 4.90 Å². The van der Waals surface area contributed by atoms with Crippen LogP contribution in [-0.4, -0.2) is 13.6 Å². The average molecular weight is 235 g/mol. The van der Waals surface area contributed by atoms with E-state index in [0.29, 0.717) is 0 Å². The molecule has 16 heavy (non-hydrogen) atoms. The highest BCUT2D eigenvalue weighted by molar-refractivity contribution is 6.30. The summed E-state index contributed by atoms with van der Waals surface area (Å²) >= 11 is 5.84. The molecule has 0 unspecified atom stereocenters. The number of hydrogen-bond acceptors (Lipinski definition) is 2. The summed E-state index contributed by atoms with van der Waals surface area (Å²) in [4.78, 5) is 2.14. The molecular formula is C13H15ClN2. The van der Waals surface area contributed by atoms with Crippen molar-refractivity contribution in [1.82, 2.24) is 0 Å². The van der Waals surface area contributed by atoms with Gasteiger partial charge in [0.2, 0.25) is 0 Å². The van der Waals surface area contributed by atoms with Gasteiger partial charge in [0.15, 0.2) is 0 Å². The van der Waals surface area contributed by atoms with E-state index in [0.717, 1.165) is 30.1 Å². The number of hydrogen-bond donors (Lipinski definition) is 0. The van der Waals surface area contributed by atoms with Crippen LogP contribution in [0.3, 0.4) is 0 Å². The first-order chi connectivity index (χ1) is 7.65. The van der Waals surface area contributed by atoms with Crippen molar-refractivity contribution in [3.8, 4) is 6.07 Å². The first-order valence-electron chi connectivity index (χ1n) is 5.53. The van der Waals surface area contributed by atoms with E-state index in [1.165, 1.54) is 6.42 Å². The highest BCUT2D eigenvalue weighted by atomic mass is 35.5. The molecule has 1 aromatic carbocycles. The van der Waals surface area contributed by atoms with Crippen molar-refractivity contribution < 1.29 is 0 Å². The number of nitrogens with zero attached hydrogens (tertiary/aromatic N) is 2. The molecule has 0 spiro atoms. The van der Waals surface area contributed by atoms with Crippen LogP contribution in [0.1, 0.15) is 19.3 Å². The summed E-state index contributed by atoms with van der Waals surface area (Å²) in [6.07, 6.45) is 3.24. The van der Waals surface area contributed by atoms with Crippen molar-refractivity contribution in [3.05, 3.63) is 29.3 Å². The molecule has 0 N–H and O–H groups in total. The van der Waals surface area contributed by atoms with Crippen LogP contribution >= 0.6 is 11.6 Å². The van der Waals surface area contributed by atoms with Crippen molar-refractivity contribution in [2.24, 2.45) is 5.41 Å². The van der Waals surface area contributed by atoms with Crippen LogP contribution in [0.4, 0.5) is 5.69 Å². The summed E-state index contributed by atoms with van der Waals surface area (Å²) in [5, 5.41) is 9.92. The van der Waals surface area contributed by atoms with E-state index in [2.05, 4.69) is 11.0 Å². The lowest BCUT2D eigenvalue weighted by Crippen LogP contribution is -2.39. The topological polar surface area (TPSA) is 27.0 Å². The predicted octanol–water partition coefficient (Wildman–Crippen LogP) is 3.47. The number of rotatable bonds is 3. The van der Waals surface area contributed by atoms with Crippen molar-refractivity contribution in [2.75, 3.05) is 18.5 Å². The van der Waals surface area contributed by atoms with Crippen LogP contribution < -0.4 is 4.90 Å². The Bertz CT molecular complexity index is 401. The summed E-state index contributed by atoms with van der Waals surface area (Å²) < 4.78 is 0. The van der Waals surface area contributed by atoms with E-state index in [4.69, 9.17) is 11.6 Å². The van der Waals surface area contributed by atoms with Gasteiger partial charge in [-0.2, -0.15) is 5.26 Å². The quantitative estimate of drug-likeness (QED) is 0.801. The van der Waals surface area contributed by atoms with E-state index in [1.54, 1.807) is 0 Å². The second kappa shape index (κ2) is 4.35. The minimum absolute atomic E-state index is 0.117. The van der Waals surface area contributed by atoms with Gasteiger partial charge in [-0.1, -0.05) is 18.0 Å². The Morgan fingerprint density at radius 2 is 2.00 bits per heavy atom. The van der Waals surface area contributed by atoms with Gasteiger partial charge in [0.25, 0.3) is 0 Å². The van der Waals surface area contributed by atoms with Gasteiger partial charge in [0, 0.05) is 24.3 Å². The van der Waals surface area contributed by atoms with E-state index >= 15 is 0 Å². The molecule has 0 bridgehead atoms. The molecule has 1 aromatic rings. The van der Waals surface area contributed by atoms with Crippen LogP contribution in [0, 0.1) is 16.7 Å². The van der Waals surface area contributed by atoms with Gasteiger partial charge in [-0.15, -0.1) is 0 Å². The van der Waals surface area contributed by atoms with Crippen LogP contribution in [0.15, 0.2) is 24.3 Å². The first kappa shape index (κ1) is 11.3. The fourth-order valence-corrected chi connectivity index (χ4v) is 2.28. The zero-order chi connectivity index (χ0) is 11.6. The average Bonchev–Trinajstić information content (AvgIpc) is 2.24. The third-order valence-electron chi connectivity index (χ3n) is 3.36. The van der Waals surface area contributed by atoms with Crippen LogP contribution in [0.2, 0.25) is 5.02 Å². The third kappa shape index (κ3) is 2.15. The van der Waals surface area contributed by atoms with Crippen LogP contribution in [0.25, 0.3) is 0 Å². The highest BCUT2D eigenvalue weighted by Gasteiger charge is 2.38. The SMILES string of the molecule is CN(CC1(C#N)CCC1)c1ccc(Cl)cc1. The fourth-order valence-electron chi connectivity index (χ4n) is 2.15. The standard InChI is InChI=1S/C13H15ClN2/c1-16(10-13(9-15)7-2-8-13)12-5-3-11(14)4-6-12/h3-6H,2,7-8,10H2,1H3. The molecule has 1 aliphatic rings. The molecule has 0 heterocycles. The summed E-state index contributed by atoms with van der Waals surface area (Å²) in [5.74, 6) is 0. The Morgan fingerprint density at radius 1 is 1.38 bits per heavy atom. The normalized spacial score (nSPS) is 17.3. The number of nitriles is 1. The smallest absolute Gasteiger partial charge is 0.0748 e. The molecule has 1 saturated carbocycles. The molecule has 84 valence electrons. The molecule has 1 aliphatic carbocycles. The lowest BCUT2D eigenvalue weighted by atomic mass is 9.69. The zero-order valence-corrected chi connectivity index (χ0v) is 10.2.